The third-order valence-corrected chi connectivity index (χ3v) is 3.10. The zero-order valence-corrected chi connectivity index (χ0v) is 10.1. The predicted molar refractivity (Wildman–Crippen MR) is 65.5 cm³/mol. The minimum absolute atomic E-state index is 0.306. The van der Waals surface area contributed by atoms with E-state index in [0.717, 1.165) is 31.0 Å². The van der Waals surface area contributed by atoms with Crippen LogP contribution in [-0.4, -0.2) is 38.0 Å². The fourth-order valence-electron chi connectivity index (χ4n) is 2.01. The van der Waals surface area contributed by atoms with Crippen LogP contribution in [0.3, 0.4) is 0 Å². The molecule has 0 aliphatic carbocycles. The lowest BCUT2D eigenvalue weighted by Gasteiger charge is -2.17. The summed E-state index contributed by atoms with van der Waals surface area (Å²) in [4.78, 5) is 0. The maximum atomic E-state index is 9.94. The van der Waals surface area contributed by atoms with Crippen molar-refractivity contribution < 1.29 is 14.6 Å². The van der Waals surface area contributed by atoms with E-state index in [-0.39, 0.29) is 0 Å². The average Bonchev–Trinajstić information content (AvgIpc) is 2.90. The molecular formula is C13H19NO3. The highest BCUT2D eigenvalue weighted by Crippen LogP contribution is 2.20. The third kappa shape index (κ3) is 3.35. The number of hydrogen-bond donors (Lipinski definition) is 2. The summed E-state index contributed by atoms with van der Waals surface area (Å²) in [6, 6.07) is 7.42. The summed E-state index contributed by atoms with van der Waals surface area (Å²) in [5.41, 5.74) is 0. The Hall–Kier alpha value is -1.26. The first-order valence-corrected chi connectivity index (χ1v) is 5.95. The molecule has 0 spiro atoms. The molecule has 2 atom stereocenters. The number of methoxy groups -OCH3 is 1. The first-order valence-electron chi connectivity index (χ1n) is 5.95. The van der Waals surface area contributed by atoms with Crippen molar-refractivity contribution in [2.75, 3.05) is 26.8 Å². The Bertz CT molecular complexity index is 350. The van der Waals surface area contributed by atoms with Gasteiger partial charge in [0.25, 0.3) is 0 Å². The van der Waals surface area contributed by atoms with Crippen LogP contribution < -0.4 is 14.8 Å². The minimum atomic E-state index is -0.406. The van der Waals surface area contributed by atoms with E-state index in [2.05, 4.69) is 5.32 Å². The molecule has 4 nitrogen and oxygen atoms in total. The maximum absolute atomic E-state index is 9.94. The largest absolute Gasteiger partial charge is 0.497 e. The Kier molecular flexibility index (Phi) is 4.23. The fraction of sp³-hybridized carbons (Fsp3) is 0.538. The number of benzene rings is 1. The van der Waals surface area contributed by atoms with Crippen LogP contribution >= 0.6 is 0 Å². The number of hydrogen-bond acceptors (Lipinski definition) is 4. The molecule has 17 heavy (non-hydrogen) atoms. The van der Waals surface area contributed by atoms with Crippen molar-refractivity contribution in [2.45, 2.75) is 12.5 Å². The molecule has 0 aromatic heterocycles. The summed E-state index contributed by atoms with van der Waals surface area (Å²) in [7, 11) is 1.62. The lowest BCUT2D eigenvalue weighted by molar-refractivity contribution is 0.0640. The van der Waals surface area contributed by atoms with Crippen LogP contribution in [-0.2, 0) is 0 Å². The van der Waals surface area contributed by atoms with Crippen molar-refractivity contribution in [3.63, 3.8) is 0 Å². The van der Waals surface area contributed by atoms with Crippen molar-refractivity contribution in [1.82, 2.24) is 5.32 Å². The van der Waals surface area contributed by atoms with Gasteiger partial charge < -0.3 is 19.9 Å². The van der Waals surface area contributed by atoms with E-state index in [0.29, 0.717) is 12.5 Å². The van der Waals surface area contributed by atoms with Gasteiger partial charge in [0.05, 0.1) is 13.2 Å². The molecule has 1 heterocycles. The quantitative estimate of drug-likeness (QED) is 0.803. The van der Waals surface area contributed by atoms with Crippen LogP contribution in [0.5, 0.6) is 11.5 Å². The standard InChI is InChI=1S/C13H19NO3/c1-16-11-3-2-4-12(7-11)17-9-13(15)10-5-6-14-8-10/h2-4,7,10,13-15H,5-6,8-9H2,1H3. The highest BCUT2D eigenvalue weighted by molar-refractivity contribution is 5.32. The van der Waals surface area contributed by atoms with Gasteiger partial charge in [-0.1, -0.05) is 6.07 Å². The predicted octanol–water partition coefficient (Wildman–Crippen LogP) is 1.04. The number of nitrogens with one attached hydrogen (secondary N) is 1. The van der Waals surface area contributed by atoms with Crippen LogP contribution in [0.2, 0.25) is 0 Å². The second-order valence-electron chi connectivity index (χ2n) is 4.31. The van der Waals surface area contributed by atoms with E-state index >= 15 is 0 Å². The van der Waals surface area contributed by atoms with Crippen molar-refractivity contribution in [2.24, 2.45) is 5.92 Å². The van der Waals surface area contributed by atoms with Crippen molar-refractivity contribution in [3.8, 4) is 11.5 Å². The van der Waals surface area contributed by atoms with Gasteiger partial charge in [-0.2, -0.15) is 0 Å². The Labute approximate surface area is 102 Å². The Balaban J connectivity index is 1.83. The zero-order chi connectivity index (χ0) is 12.1. The summed E-state index contributed by atoms with van der Waals surface area (Å²) >= 11 is 0. The lowest BCUT2D eigenvalue weighted by atomic mass is 10.0. The van der Waals surface area contributed by atoms with Crippen LogP contribution in [0.1, 0.15) is 6.42 Å². The maximum Gasteiger partial charge on any atom is 0.123 e. The molecule has 1 saturated heterocycles. The van der Waals surface area contributed by atoms with E-state index < -0.39 is 6.10 Å². The molecule has 0 amide bonds. The molecule has 2 N–H and O–H groups in total. The molecule has 94 valence electrons. The molecule has 2 unspecified atom stereocenters. The summed E-state index contributed by atoms with van der Waals surface area (Å²) in [5, 5.41) is 13.2. The van der Waals surface area contributed by atoms with E-state index in [1.165, 1.54) is 0 Å². The van der Waals surface area contributed by atoms with Crippen molar-refractivity contribution in [3.05, 3.63) is 24.3 Å². The first-order chi connectivity index (χ1) is 8.29. The van der Waals surface area contributed by atoms with Crippen molar-refractivity contribution >= 4 is 0 Å². The van der Waals surface area contributed by atoms with Gasteiger partial charge >= 0.3 is 0 Å². The fourth-order valence-corrected chi connectivity index (χ4v) is 2.01. The van der Waals surface area contributed by atoms with Crippen LogP contribution in [0.25, 0.3) is 0 Å². The second-order valence-corrected chi connectivity index (χ2v) is 4.31. The number of ether oxygens (including phenoxy) is 2. The van der Waals surface area contributed by atoms with Gasteiger partial charge in [0.1, 0.15) is 18.1 Å². The van der Waals surface area contributed by atoms with Gasteiger partial charge in [-0.05, 0) is 25.1 Å². The molecule has 0 saturated carbocycles. The number of rotatable bonds is 5. The normalized spacial score (nSPS) is 21.2. The second kappa shape index (κ2) is 5.89. The molecular weight excluding hydrogens is 218 g/mol. The summed E-state index contributed by atoms with van der Waals surface area (Å²) < 4.78 is 10.7. The van der Waals surface area contributed by atoms with Gasteiger partial charge in [0.15, 0.2) is 0 Å². The van der Waals surface area contributed by atoms with Gasteiger partial charge in [0.2, 0.25) is 0 Å². The molecule has 0 radical (unpaired) electrons. The van der Waals surface area contributed by atoms with Crippen LogP contribution in [0.4, 0.5) is 0 Å². The number of aliphatic hydroxyl groups excluding tert-OH is 1. The molecule has 1 aromatic rings. The monoisotopic (exact) mass is 237 g/mol. The van der Waals surface area contributed by atoms with Crippen LogP contribution in [0.15, 0.2) is 24.3 Å². The highest BCUT2D eigenvalue weighted by Gasteiger charge is 2.23. The molecule has 1 aliphatic heterocycles. The highest BCUT2D eigenvalue weighted by atomic mass is 16.5. The summed E-state index contributed by atoms with van der Waals surface area (Å²) in [5.74, 6) is 1.80. The van der Waals surface area contributed by atoms with Gasteiger partial charge in [-0.25, -0.2) is 0 Å². The molecule has 1 fully saturated rings. The van der Waals surface area contributed by atoms with E-state index in [1.54, 1.807) is 7.11 Å². The molecule has 1 aromatic carbocycles. The van der Waals surface area contributed by atoms with Gasteiger partial charge in [0, 0.05) is 18.5 Å². The Morgan fingerprint density at radius 2 is 2.29 bits per heavy atom. The SMILES string of the molecule is COc1cccc(OCC(O)C2CCNC2)c1. The van der Waals surface area contributed by atoms with Crippen LogP contribution in [0, 0.1) is 5.92 Å². The van der Waals surface area contributed by atoms with E-state index in [9.17, 15) is 5.11 Å². The Morgan fingerprint density at radius 3 is 3.00 bits per heavy atom. The lowest BCUT2D eigenvalue weighted by Crippen LogP contribution is -2.28. The van der Waals surface area contributed by atoms with Gasteiger partial charge in [-0.15, -0.1) is 0 Å². The Morgan fingerprint density at radius 1 is 1.47 bits per heavy atom. The summed E-state index contributed by atoms with van der Waals surface area (Å²) in [6.45, 7) is 2.20. The number of aliphatic hydroxyl groups is 1. The van der Waals surface area contributed by atoms with Crippen molar-refractivity contribution in [1.29, 1.82) is 0 Å². The smallest absolute Gasteiger partial charge is 0.123 e. The van der Waals surface area contributed by atoms with E-state index in [4.69, 9.17) is 9.47 Å². The molecule has 1 aliphatic rings. The minimum Gasteiger partial charge on any atom is -0.497 e. The molecule has 4 heteroatoms. The average molecular weight is 237 g/mol. The van der Waals surface area contributed by atoms with E-state index in [1.807, 2.05) is 24.3 Å². The summed E-state index contributed by atoms with van der Waals surface area (Å²) in [6.07, 6.45) is 0.610. The topological polar surface area (TPSA) is 50.7 Å². The third-order valence-electron chi connectivity index (χ3n) is 3.10. The van der Waals surface area contributed by atoms with Gasteiger partial charge in [-0.3, -0.25) is 0 Å². The zero-order valence-electron chi connectivity index (χ0n) is 10.1. The molecule has 2 rings (SSSR count). The first kappa shape index (κ1) is 12.2. The molecule has 0 bridgehead atoms.